The van der Waals surface area contributed by atoms with Gasteiger partial charge in [-0.05, 0) is 20.0 Å². The van der Waals surface area contributed by atoms with Crippen LogP contribution in [0.1, 0.15) is 23.3 Å². The first-order valence-electron chi connectivity index (χ1n) is 8.98. The van der Waals surface area contributed by atoms with E-state index in [0.717, 1.165) is 13.1 Å². The maximum absolute atomic E-state index is 15.1. The molecule has 2 aromatic rings. The number of anilines is 1. The van der Waals surface area contributed by atoms with E-state index < -0.39 is 17.2 Å². The average Bonchev–Trinajstić information content (AvgIpc) is 2.66. The number of methoxy groups -OCH3 is 1. The average molecular weight is 375 g/mol. The van der Waals surface area contributed by atoms with Crippen LogP contribution in [-0.4, -0.2) is 62.4 Å². The highest BCUT2D eigenvalue weighted by molar-refractivity contribution is 5.97. The number of aromatic nitrogens is 1. The highest BCUT2D eigenvalue weighted by Gasteiger charge is 2.31. The van der Waals surface area contributed by atoms with Crippen LogP contribution in [0, 0.1) is 5.82 Å². The van der Waals surface area contributed by atoms with Crippen LogP contribution in [0.3, 0.4) is 0 Å². The Balaban J connectivity index is 1.99. The fourth-order valence-electron chi connectivity index (χ4n) is 3.79. The van der Waals surface area contributed by atoms with Crippen molar-refractivity contribution in [1.82, 2.24) is 9.47 Å². The number of hydrogen-bond acceptors (Lipinski definition) is 6. The van der Waals surface area contributed by atoms with Crippen LogP contribution in [0.5, 0.6) is 5.75 Å². The van der Waals surface area contributed by atoms with Crippen molar-refractivity contribution in [3.05, 3.63) is 33.9 Å². The molecule has 4 rings (SSSR count). The van der Waals surface area contributed by atoms with Crippen LogP contribution in [0.2, 0.25) is 0 Å². The molecule has 1 atom stereocenters. The molecule has 1 aromatic heterocycles. The van der Waals surface area contributed by atoms with Crippen molar-refractivity contribution in [3.8, 4) is 5.75 Å². The molecule has 0 amide bonds. The second-order valence-corrected chi connectivity index (χ2v) is 7.15. The molecule has 0 aliphatic carbocycles. The monoisotopic (exact) mass is 375 g/mol. The molecule has 0 spiro atoms. The van der Waals surface area contributed by atoms with Gasteiger partial charge in [0.15, 0.2) is 11.6 Å². The maximum Gasteiger partial charge on any atom is 0.343 e. The molecule has 0 saturated carbocycles. The first-order chi connectivity index (χ1) is 12.9. The van der Waals surface area contributed by atoms with E-state index in [-0.39, 0.29) is 17.0 Å². The number of carbonyl (C=O) groups is 1. The summed E-state index contributed by atoms with van der Waals surface area (Å²) < 4.78 is 27.5. The van der Waals surface area contributed by atoms with E-state index in [1.807, 2.05) is 23.4 Å². The smallest absolute Gasteiger partial charge is 0.343 e. The molecule has 1 fully saturated rings. The number of pyridine rings is 1. The first-order valence-corrected chi connectivity index (χ1v) is 8.98. The molecular formula is C19H22FN3O4. The Bertz CT molecular complexity index is 979. The number of nitrogens with zero attached hydrogens (tertiary/aromatic N) is 3. The Hall–Kier alpha value is -2.61. The third-order valence-electron chi connectivity index (χ3n) is 5.37. The van der Waals surface area contributed by atoms with Crippen molar-refractivity contribution in [1.29, 1.82) is 0 Å². The van der Waals surface area contributed by atoms with E-state index in [1.54, 1.807) is 0 Å². The first kappa shape index (κ1) is 17.8. The molecule has 8 heteroatoms. The number of piperazine rings is 1. The summed E-state index contributed by atoms with van der Waals surface area (Å²) in [6.07, 6.45) is 1.50. The predicted molar refractivity (Wildman–Crippen MR) is 99.4 cm³/mol. The number of carbonyl (C=O) groups excluding carboxylic acids is 1. The van der Waals surface area contributed by atoms with E-state index in [0.29, 0.717) is 36.6 Å². The van der Waals surface area contributed by atoms with Crippen molar-refractivity contribution >= 4 is 22.6 Å². The van der Waals surface area contributed by atoms with Gasteiger partial charge < -0.3 is 23.8 Å². The van der Waals surface area contributed by atoms with Crippen LogP contribution in [0.15, 0.2) is 17.1 Å². The summed E-state index contributed by atoms with van der Waals surface area (Å²) in [4.78, 5) is 29.0. The van der Waals surface area contributed by atoms with E-state index in [4.69, 9.17) is 9.47 Å². The molecule has 2 aliphatic rings. The minimum Gasteiger partial charge on any atom is -0.487 e. The summed E-state index contributed by atoms with van der Waals surface area (Å²) >= 11 is 0. The lowest BCUT2D eigenvalue weighted by Gasteiger charge is -2.37. The van der Waals surface area contributed by atoms with Gasteiger partial charge in [0.05, 0.1) is 24.1 Å². The topological polar surface area (TPSA) is 64.0 Å². The number of esters is 1. The minimum atomic E-state index is -0.727. The molecule has 0 radical (unpaired) electrons. The summed E-state index contributed by atoms with van der Waals surface area (Å²) in [5.74, 6) is -0.863. The Kier molecular flexibility index (Phi) is 4.30. The normalized spacial score (nSPS) is 19.9. The van der Waals surface area contributed by atoms with Crippen LogP contribution in [0.4, 0.5) is 10.1 Å². The number of hydrogen-bond donors (Lipinski definition) is 0. The van der Waals surface area contributed by atoms with Gasteiger partial charge >= 0.3 is 5.97 Å². The summed E-state index contributed by atoms with van der Waals surface area (Å²) in [6, 6.07) is 1.12. The number of halogens is 1. The largest absolute Gasteiger partial charge is 0.487 e. The second kappa shape index (κ2) is 6.53. The number of ether oxygens (including phenoxy) is 2. The van der Waals surface area contributed by atoms with Gasteiger partial charge in [-0.1, -0.05) is 0 Å². The quantitative estimate of drug-likeness (QED) is 0.744. The van der Waals surface area contributed by atoms with Crippen molar-refractivity contribution in [2.45, 2.75) is 13.0 Å². The summed E-state index contributed by atoms with van der Waals surface area (Å²) in [5, 5.41) is 0.134. The van der Waals surface area contributed by atoms with Gasteiger partial charge in [0, 0.05) is 32.4 Å². The third-order valence-corrected chi connectivity index (χ3v) is 5.37. The molecule has 7 nitrogen and oxygen atoms in total. The van der Waals surface area contributed by atoms with Gasteiger partial charge in [0.2, 0.25) is 5.43 Å². The van der Waals surface area contributed by atoms with Crippen LogP contribution < -0.4 is 15.1 Å². The number of likely N-dealkylation sites (N-methyl/N-ethyl adjacent to an activating group) is 1. The highest BCUT2D eigenvalue weighted by Crippen LogP contribution is 2.42. The fourth-order valence-corrected chi connectivity index (χ4v) is 3.79. The maximum atomic E-state index is 15.1. The Morgan fingerprint density at radius 3 is 2.67 bits per heavy atom. The van der Waals surface area contributed by atoms with Crippen LogP contribution >= 0.6 is 0 Å². The SMILES string of the molecule is COC(=O)c1cn2c3c(c(N4CCN(C)CC4)c(F)cc3c1=O)OCC2C. The molecule has 2 aliphatic heterocycles. The van der Waals surface area contributed by atoms with Gasteiger partial charge in [-0.15, -0.1) is 0 Å². The summed E-state index contributed by atoms with van der Waals surface area (Å²) in [5.41, 5.74) is 0.274. The van der Waals surface area contributed by atoms with E-state index in [1.165, 1.54) is 19.4 Å². The molecule has 1 unspecified atom stereocenters. The lowest BCUT2D eigenvalue weighted by molar-refractivity contribution is 0.0598. The van der Waals surface area contributed by atoms with E-state index in [2.05, 4.69) is 4.90 Å². The van der Waals surface area contributed by atoms with Crippen molar-refractivity contribution < 1.29 is 18.7 Å². The lowest BCUT2D eigenvalue weighted by atomic mass is 10.1. The number of rotatable bonds is 2. The highest BCUT2D eigenvalue weighted by atomic mass is 19.1. The molecule has 0 bridgehead atoms. The van der Waals surface area contributed by atoms with E-state index >= 15 is 4.39 Å². The second-order valence-electron chi connectivity index (χ2n) is 7.15. The fraction of sp³-hybridized carbons (Fsp3) is 0.474. The van der Waals surface area contributed by atoms with Crippen molar-refractivity contribution in [2.24, 2.45) is 0 Å². The van der Waals surface area contributed by atoms with Gasteiger partial charge in [0.1, 0.15) is 17.9 Å². The molecular weight excluding hydrogens is 353 g/mol. The standard InChI is InChI=1S/C19H22FN3O4/c1-11-10-27-18-15-12(17(24)13(9-23(11)15)19(25)26-3)8-14(20)16(18)22-6-4-21(2)5-7-22/h8-9,11H,4-7,10H2,1-3H3. The molecule has 0 N–H and O–H groups in total. The van der Waals surface area contributed by atoms with Crippen LogP contribution in [-0.2, 0) is 4.74 Å². The molecule has 1 aromatic carbocycles. The van der Waals surface area contributed by atoms with Crippen molar-refractivity contribution in [3.63, 3.8) is 0 Å². The molecule has 27 heavy (non-hydrogen) atoms. The zero-order valence-corrected chi connectivity index (χ0v) is 15.6. The minimum absolute atomic E-state index is 0.101. The third kappa shape index (κ3) is 2.75. The Labute approximate surface area is 155 Å². The van der Waals surface area contributed by atoms with Crippen LogP contribution in [0.25, 0.3) is 10.9 Å². The zero-order valence-electron chi connectivity index (χ0n) is 15.6. The summed E-state index contributed by atoms with van der Waals surface area (Å²) in [7, 11) is 3.25. The van der Waals surface area contributed by atoms with Gasteiger partial charge in [0.25, 0.3) is 0 Å². The van der Waals surface area contributed by atoms with Gasteiger partial charge in [-0.3, -0.25) is 4.79 Å². The predicted octanol–water partition coefficient (Wildman–Crippen LogP) is 1.63. The van der Waals surface area contributed by atoms with E-state index in [9.17, 15) is 9.59 Å². The number of benzene rings is 1. The Morgan fingerprint density at radius 2 is 2.00 bits per heavy atom. The summed E-state index contributed by atoms with van der Waals surface area (Å²) in [6.45, 7) is 5.25. The van der Waals surface area contributed by atoms with Gasteiger partial charge in [-0.2, -0.15) is 0 Å². The molecule has 3 heterocycles. The lowest BCUT2D eigenvalue weighted by Crippen LogP contribution is -2.45. The van der Waals surface area contributed by atoms with Crippen molar-refractivity contribution in [2.75, 3.05) is 51.8 Å². The Morgan fingerprint density at radius 1 is 1.30 bits per heavy atom. The van der Waals surface area contributed by atoms with Gasteiger partial charge in [-0.25, -0.2) is 9.18 Å². The zero-order chi connectivity index (χ0) is 19.3. The molecule has 144 valence electrons. The molecule has 1 saturated heterocycles.